The highest BCUT2D eigenvalue weighted by Gasteiger charge is 2.31. The Balaban J connectivity index is 1.13. The molecule has 2 fully saturated rings. The van der Waals surface area contributed by atoms with Crippen molar-refractivity contribution in [1.29, 1.82) is 0 Å². The summed E-state index contributed by atoms with van der Waals surface area (Å²) in [7, 11) is 2.18. The van der Waals surface area contributed by atoms with Gasteiger partial charge in [0, 0.05) is 80.2 Å². The summed E-state index contributed by atoms with van der Waals surface area (Å²) in [6, 6.07) is 14.5. The van der Waals surface area contributed by atoms with Crippen molar-refractivity contribution in [3.63, 3.8) is 0 Å². The zero-order valence-electron chi connectivity index (χ0n) is 22.1. The van der Waals surface area contributed by atoms with Gasteiger partial charge in [0.15, 0.2) is 5.75 Å². The summed E-state index contributed by atoms with van der Waals surface area (Å²) in [5.74, 6) is 0.289. The Morgan fingerprint density at radius 3 is 2.34 bits per heavy atom. The van der Waals surface area contributed by atoms with Crippen molar-refractivity contribution in [3.8, 4) is 5.75 Å². The number of hydrogen-bond acceptors (Lipinski definition) is 8. The van der Waals surface area contributed by atoms with E-state index in [1.165, 1.54) is 5.69 Å². The highest BCUT2D eigenvalue weighted by molar-refractivity contribution is 6.30. The van der Waals surface area contributed by atoms with Gasteiger partial charge in [0.2, 0.25) is 0 Å². The lowest BCUT2D eigenvalue weighted by molar-refractivity contribution is -0.385. The van der Waals surface area contributed by atoms with E-state index in [-0.39, 0.29) is 23.0 Å². The molecule has 2 aromatic carbocycles. The van der Waals surface area contributed by atoms with Crippen molar-refractivity contribution in [2.75, 3.05) is 49.6 Å². The molecule has 0 amide bonds. The first-order chi connectivity index (χ1) is 18.3. The van der Waals surface area contributed by atoms with E-state index in [1.807, 2.05) is 25.1 Å². The van der Waals surface area contributed by atoms with Crippen LogP contribution in [0.1, 0.15) is 32.6 Å². The van der Waals surface area contributed by atoms with Crippen LogP contribution in [0.15, 0.2) is 54.9 Å². The van der Waals surface area contributed by atoms with Crippen LogP contribution in [0.5, 0.6) is 5.75 Å². The molecule has 3 heterocycles. The first-order valence-corrected chi connectivity index (χ1v) is 13.8. The number of likely N-dealkylation sites (tertiary alicyclic amines) is 1. The Morgan fingerprint density at radius 1 is 1.05 bits per heavy atom. The average Bonchev–Trinajstić information content (AvgIpc) is 3.38. The average molecular weight is 541 g/mol. The minimum atomic E-state index is -0.478. The van der Waals surface area contributed by atoms with Crippen LogP contribution in [0.3, 0.4) is 0 Å². The maximum Gasteiger partial charge on any atom is 0.312 e. The normalized spacial score (nSPS) is 20.1. The van der Waals surface area contributed by atoms with Gasteiger partial charge in [-0.3, -0.25) is 10.1 Å². The molecule has 3 aliphatic rings. The van der Waals surface area contributed by atoms with E-state index in [4.69, 9.17) is 16.3 Å². The lowest BCUT2D eigenvalue weighted by atomic mass is 9.96. The fourth-order valence-electron chi connectivity index (χ4n) is 5.78. The maximum atomic E-state index is 11.8. The molecule has 0 aromatic heterocycles. The Labute approximate surface area is 229 Å². The Bertz CT molecular complexity index is 1140. The van der Waals surface area contributed by atoms with Crippen molar-refractivity contribution < 1.29 is 9.66 Å². The summed E-state index contributed by atoms with van der Waals surface area (Å²) in [5.41, 5.74) is 1.63. The Hall–Kier alpha value is -3.17. The SMILES string of the molecule is CN(c1ccc(Cl)cc1)C1CCN(C2CCN(c3ccc(OCC4(C)NC=CN4)c([N+](=O)[O-])c3)CC2)CC1. The van der Waals surface area contributed by atoms with Gasteiger partial charge in [-0.2, -0.15) is 0 Å². The molecular weight excluding hydrogens is 504 g/mol. The van der Waals surface area contributed by atoms with E-state index >= 15 is 0 Å². The largest absolute Gasteiger partial charge is 0.482 e. The van der Waals surface area contributed by atoms with Gasteiger partial charge < -0.3 is 30.1 Å². The van der Waals surface area contributed by atoms with Crippen LogP contribution >= 0.6 is 11.6 Å². The number of anilines is 2. The molecule has 9 nitrogen and oxygen atoms in total. The number of halogens is 1. The van der Waals surface area contributed by atoms with Crippen LogP contribution in [0.4, 0.5) is 17.1 Å². The number of benzene rings is 2. The second-order valence-electron chi connectivity index (χ2n) is 10.7. The van der Waals surface area contributed by atoms with Crippen LogP contribution in [0, 0.1) is 10.1 Å². The smallest absolute Gasteiger partial charge is 0.312 e. The van der Waals surface area contributed by atoms with Crippen molar-refractivity contribution in [3.05, 3.63) is 70.0 Å². The zero-order valence-corrected chi connectivity index (χ0v) is 22.9. The topological polar surface area (TPSA) is 86.2 Å². The Kier molecular flexibility index (Phi) is 7.85. The molecule has 5 rings (SSSR count). The summed E-state index contributed by atoms with van der Waals surface area (Å²) in [4.78, 5) is 18.8. The minimum absolute atomic E-state index is 0.00561. The summed E-state index contributed by atoms with van der Waals surface area (Å²) >= 11 is 6.05. The molecule has 0 radical (unpaired) electrons. The number of nitro benzene ring substituents is 1. The fourth-order valence-corrected chi connectivity index (χ4v) is 5.91. The zero-order chi connectivity index (χ0) is 26.7. The number of rotatable bonds is 8. The maximum absolute atomic E-state index is 11.8. The van der Waals surface area contributed by atoms with E-state index < -0.39 is 5.66 Å². The highest BCUT2D eigenvalue weighted by Crippen LogP contribution is 2.34. The van der Waals surface area contributed by atoms with Gasteiger partial charge in [-0.05, 0) is 69.0 Å². The molecule has 10 heteroatoms. The van der Waals surface area contributed by atoms with Gasteiger partial charge in [0.25, 0.3) is 0 Å². The minimum Gasteiger partial charge on any atom is -0.482 e. The number of ether oxygens (including phenoxy) is 1. The van der Waals surface area contributed by atoms with E-state index in [1.54, 1.807) is 24.5 Å². The van der Waals surface area contributed by atoms with E-state index in [0.29, 0.717) is 12.1 Å². The van der Waals surface area contributed by atoms with Gasteiger partial charge in [0.1, 0.15) is 12.3 Å². The molecule has 0 atom stereocenters. The molecule has 204 valence electrons. The molecule has 2 N–H and O–H groups in total. The van der Waals surface area contributed by atoms with Gasteiger partial charge in [-0.15, -0.1) is 0 Å². The van der Waals surface area contributed by atoms with Crippen LogP contribution in [0.2, 0.25) is 5.02 Å². The number of nitrogens with one attached hydrogen (secondary N) is 2. The predicted octanol–water partition coefficient (Wildman–Crippen LogP) is 4.58. The molecule has 0 spiro atoms. The van der Waals surface area contributed by atoms with Crippen LogP contribution < -0.4 is 25.2 Å². The number of nitrogens with zero attached hydrogens (tertiary/aromatic N) is 4. The highest BCUT2D eigenvalue weighted by atomic mass is 35.5. The number of piperidine rings is 2. The molecule has 0 bridgehead atoms. The van der Waals surface area contributed by atoms with Gasteiger partial charge >= 0.3 is 5.69 Å². The fraction of sp³-hybridized carbons (Fsp3) is 0.500. The number of nitro groups is 1. The first-order valence-electron chi connectivity index (χ1n) is 13.4. The second kappa shape index (κ2) is 11.3. The van der Waals surface area contributed by atoms with Crippen LogP contribution in [-0.2, 0) is 0 Å². The first kappa shape index (κ1) is 26.4. The standard InChI is InChI=1S/C28H37ClN6O3/c1-28(30-13-14-31-28)20-38-27-8-7-25(19-26(27)35(36)37)34-17-11-24(12-18-34)33-15-9-23(10-16-33)32(2)22-5-3-21(29)4-6-22/h3-8,13-14,19,23-24,30-31H,9-12,15-18,20H2,1-2H3. The quantitative estimate of drug-likeness (QED) is 0.372. The van der Waals surface area contributed by atoms with Crippen molar-refractivity contribution in [1.82, 2.24) is 15.5 Å². The number of hydrogen-bond donors (Lipinski definition) is 2. The molecule has 38 heavy (non-hydrogen) atoms. The van der Waals surface area contributed by atoms with Crippen molar-refractivity contribution >= 4 is 28.7 Å². The lowest BCUT2D eigenvalue weighted by Crippen LogP contribution is -2.51. The van der Waals surface area contributed by atoms with Gasteiger partial charge in [0.05, 0.1) is 4.92 Å². The molecule has 0 aliphatic carbocycles. The molecule has 3 aliphatic heterocycles. The van der Waals surface area contributed by atoms with Crippen molar-refractivity contribution in [2.24, 2.45) is 0 Å². The van der Waals surface area contributed by atoms with Crippen LogP contribution in [-0.4, -0.2) is 67.4 Å². The summed E-state index contributed by atoms with van der Waals surface area (Å²) < 4.78 is 5.84. The Morgan fingerprint density at radius 2 is 1.71 bits per heavy atom. The molecule has 2 saturated heterocycles. The third kappa shape index (κ3) is 5.94. The lowest BCUT2D eigenvalue weighted by Gasteiger charge is -2.44. The van der Waals surface area contributed by atoms with Crippen molar-refractivity contribution in [2.45, 2.75) is 50.4 Å². The molecule has 2 aromatic rings. The molecular formula is C28H37ClN6O3. The third-order valence-electron chi connectivity index (χ3n) is 8.17. The second-order valence-corrected chi connectivity index (χ2v) is 11.2. The van der Waals surface area contributed by atoms with E-state index in [0.717, 1.165) is 62.6 Å². The van der Waals surface area contributed by atoms with Crippen LogP contribution in [0.25, 0.3) is 0 Å². The molecule has 0 unspecified atom stereocenters. The summed E-state index contributed by atoms with van der Waals surface area (Å²) in [6.45, 7) is 6.19. The summed E-state index contributed by atoms with van der Waals surface area (Å²) in [6.07, 6.45) is 8.01. The monoisotopic (exact) mass is 540 g/mol. The van der Waals surface area contributed by atoms with Gasteiger partial charge in [-0.1, -0.05) is 11.6 Å². The third-order valence-corrected chi connectivity index (χ3v) is 8.42. The van der Waals surface area contributed by atoms with E-state index in [2.05, 4.69) is 44.5 Å². The predicted molar refractivity (Wildman–Crippen MR) is 152 cm³/mol. The van der Waals surface area contributed by atoms with E-state index in [9.17, 15) is 10.1 Å². The molecule has 0 saturated carbocycles. The summed E-state index contributed by atoms with van der Waals surface area (Å²) in [5, 5.41) is 18.9. The van der Waals surface area contributed by atoms with Gasteiger partial charge in [-0.25, -0.2) is 0 Å².